The molecule has 0 aliphatic carbocycles. The Morgan fingerprint density at radius 1 is 1.45 bits per heavy atom. The molecule has 0 saturated carbocycles. The molecule has 0 saturated heterocycles. The minimum absolute atomic E-state index is 0.380. The first-order valence-corrected chi connectivity index (χ1v) is 8.09. The predicted octanol–water partition coefficient (Wildman–Crippen LogP) is 3.51. The molecule has 1 aliphatic rings. The molecule has 106 valence electrons. The molecule has 3 rings (SSSR count). The Kier molecular flexibility index (Phi) is 4.24. The molecule has 0 amide bonds. The van der Waals surface area contributed by atoms with Crippen LogP contribution in [-0.4, -0.2) is 25.1 Å². The second-order valence-electron chi connectivity index (χ2n) is 4.96. The van der Waals surface area contributed by atoms with E-state index in [-0.39, 0.29) is 0 Å². The highest BCUT2D eigenvalue weighted by molar-refractivity contribution is 7.16. The summed E-state index contributed by atoms with van der Waals surface area (Å²) in [6, 6.07) is 8.73. The van der Waals surface area contributed by atoms with E-state index in [1.807, 2.05) is 25.4 Å². The number of nitrogens with one attached hydrogen (secondary N) is 1. The third kappa shape index (κ3) is 2.68. The third-order valence-electron chi connectivity index (χ3n) is 3.73. The number of halogens is 1. The van der Waals surface area contributed by atoms with Crippen LogP contribution in [0, 0.1) is 0 Å². The van der Waals surface area contributed by atoms with Gasteiger partial charge in [0.05, 0.1) is 21.8 Å². The fourth-order valence-electron chi connectivity index (χ4n) is 2.79. The SMILES string of the molecule is CNCC[C@H](c1ccc(Cl)s1)N1CCc2ncccc21. The van der Waals surface area contributed by atoms with Crippen molar-refractivity contribution in [1.29, 1.82) is 0 Å². The van der Waals surface area contributed by atoms with Crippen LogP contribution >= 0.6 is 22.9 Å². The highest BCUT2D eigenvalue weighted by atomic mass is 35.5. The third-order valence-corrected chi connectivity index (χ3v) is 5.06. The molecule has 0 fully saturated rings. The Morgan fingerprint density at radius 3 is 3.10 bits per heavy atom. The predicted molar refractivity (Wildman–Crippen MR) is 85.9 cm³/mol. The Morgan fingerprint density at radius 2 is 2.35 bits per heavy atom. The van der Waals surface area contributed by atoms with Crippen LogP contribution in [-0.2, 0) is 6.42 Å². The summed E-state index contributed by atoms with van der Waals surface area (Å²) in [6.07, 6.45) is 3.99. The largest absolute Gasteiger partial charge is 0.362 e. The maximum Gasteiger partial charge on any atom is 0.0932 e. The maximum atomic E-state index is 6.12. The molecule has 2 aromatic rings. The van der Waals surface area contributed by atoms with Crippen molar-refractivity contribution in [2.45, 2.75) is 18.9 Å². The van der Waals surface area contributed by atoms with Gasteiger partial charge in [-0.1, -0.05) is 11.6 Å². The minimum Gasteiger partial charge on any atom is -0.362 e. The van der Waals surface area contributed by atoms with Crippen molar-refractivity contribution in [2.24, 2.45) is 0 Å². The zero-order valence-corrected chi connectivity index (χ0v) is 13.0. The lowest BCUT2D eigenvalue weighted by Crippen LogP contribution is -2.28. The molecule has 2 aromatic heterocycles. The van der Waals surface area contributed by atoms with Gasteiger partial charge in [-0.25, -0.2) is 0 Å². The summed E-state index contributed by atoms with van der Waals surface area (Å²) in [6.45, 7) is 2.03. The molecular weight excluding hydrogens is 290 g/mol. The van der Waals surface area contributed by atoms with E-state index in [9.17, 15) is 0 Å². The lowest BCUT2D eigenvalue weighted by atomic mass is 10.1. The standard InChI is InChI=1S/C15H18ClN3S/c1-17-9-6-13(14-4-5-15(16)20-14)19-10-7-11-12(19)3-2-8-18-11/h2-5,8,13,17H,6-7,9-10H2,1H3/t13-/m1/s1. The van der Waals surface area contributed by atoms with Gasteiger partial charge in [0, 0.05) is 24.0 Å². The first-order valence-electron chi connectivity index (χ1n) is 6.90. The van der Waals surface area contributed by atoms with Crippen molar-refractivity contribution < 1.29 is 0 Å². The average molecular weight is 308 g/mol. The number of nitrogens with zero attached hydrogens (tertiary/aromatic N) is 2. The van der Waals surface area contributed by atoms with Crippen molar-refractivity contribution in [3.8, 4) is 0 Å². The monoisotopic (exact) mass is 307 g/mol. The molecule has 20 heavy (non-hydrogen) atoms. The molecule has 1 atom stereocenters. The molecule has 1 N–H and O–H groups in total. The number of rotatable bonds is 5. The van der Waals surface area contributed by atoms with Gasteiger partial charge in [-0.3, -0.25) is 4.98 Å². The summed E-state index contributed by atoms with van der Waals surface area (Å²) in [4.78, 5) is 8.30. The molecular formula is C15H18ClN3S. The van der Waals surface area contributed by atoms with Gasteiger partial charge in [0.15, 0.2) is 0 Å². The van der Waals surface area contributed by atoms with Gasteiger partial charge in [-0.15, -0.1) is 11.3 Å². The summed E-state index contributed by atoms with van der Waals surface area (Å²) in [5.41, 5.74) is 2.49. The van der Waals surface area contributed by atoms with Crippen molar-refractivity contribution in [2.75, 3.05) is 25.0 Å². The van der Waals surface area contributed by atoms with Crippen LogP contribution in [0.15, 0.2) is 30.5 Å². The van der Waals surface area contributed by atoms with Gasteiger partial charge < -0.3 is 10.2 Å². The molecule has 0 bridgehead atoms. The summed E-state index contributed by atoms with van der Waals surface area (Å²) in [7, 11) is 2.00. The highest BCUT2D eigenvalue weighted by Crippen LogP contribution is 2.38. The Hall–Kier alpha value is -1.10. The second-order valence-corrected chi connectivity index (χ2v) is 6.71. The van der Waals surface area contributed by atoms with E-state index < -0.39 is 0 Å². The van der Waals surface area contributed by atoms with Crippen LogP contribution < -0.4 is 10.2 Å². The summed E-state index contributed by atoms with van der Waals surface area (Å²) >= 11 is 7.80. The zero-order valence-electron chi connectivity index (χ0n) is 11.5. The van der Waals surface area contributed by atoms with E-state index in [1.165, 1.54) is 16.3 Å². The van der Waals surface area contributed by atoms with E-state index in [0.717, 1.165) is 30.3 Å². The van der Waals surface area contributed by atoms with Gasteiger partial charge in [-0.2, -0.15) is 0 Å². The topological polar surface area (TPSA) is 28.2 Å². The van der Waals surface area contributed by atoms with Gasteiger partial charge in [-0.05, 0) is 44.3 Å². The van der Waals surface area contributed by atoms with Crippen molar-refractivity contribution >= 4 is 28.6 Å². The number of aromatic nitrogens is 1. The molecule has 1 aliphatic heterocycles. The summed E-state index contributed by atoms with van der Waals surface area (Å²) < 4.78 is 0.861. The van der Waals surface area contributed by atoms with E-state index in [0.29, 0.717) is 6.04 Å². The lowest BCUT2D eigenvalue weighted by Gasteiger charge is -2.29. The molecule has 5 heteroatoms. The number of hydrogen-bond acceptors (Lipinski definition) is 4. The van der Waals surface area contributed by atoms with Crippen molar-refractivity contribution in [3.63, 3.8) is 0 Å². The number of hydrogen-bond donors (Lipinski definition) is 1. The zero-order chi connectivity index (χ0) is 13.9. The smallest absolute Gasteiger partial charge is 0.0932 e. The van der Waals surface area contributed by atoms with Gasteiger partial charge >= 0.3 is 0 Å². The van der Waals surface area contributed by atoms with Gasteiger partial charge in [0.2, 0.25) is 0 Å². The van der Waals surface area contributed by atoms with Crippen LogP contribution in [0.3, 0.4) is 0 Å². The number of thiophene rings is 1. The van der Waals surface area contributed by atoms with E-state index >= 15 is 0 Å². The number of anilines is 1. The number of fused-ring (bicyclic) bond motifs is 1. The fourth-order valence-corrected chi connectivity index (χ4v) is 4.00. The lowest BCUT2D eigenvalue weighted by molar-refractivity contribution is 0.576. The molecule has 0 radical (unpaired) electrons. The average Bonchev–Trinajstić information content (AvgIpc) is 3.07. The van der Waals surface area contributed by atoms with Crippen LogP contribution in [0.2, 0.25) is 4.34 Å². The number of pyridine rings is 1. The van der Waals surface area contributed by atoms with Crippen LogP contribution in [0.25, 0.3) is 0 Å². The first-order chi connectivity index (χ1) is 9.79. The quantitative estimate of drug-likeness (QED) is 0.916. The van der Waals surface area contributed by atoms with E-state index in [4.69, 9.17) is 11.6 Å². The highest BCUT2D eigenvalue weighted by Gasteiger charge is 2.28. The van der Waals surface area contributed by atoms with Crippen LogP contribution in [0.4, 0.5) is 5.69 Å². The molecule has 0 unspecified atom stereocenters. The van der Waals surface area contributed by atoms with Crippen molar-refractivity contribution in [1.82, 2.24) is 10.3 Å². The summed E-state index contributed by atoms with van der Waals surface area (Å²) in [5.74, 6) is 0. The molecule has 3 heterocycles. The normalized spacial score (nSPS) is 15.4. The molecule has 0 aromatic carbocycles. The van der Waals surface area contributed by atoms with Crippen LogP contribution in [0.1, 0.15) is 23.0 Å². The fraction of sp³-hybridized carbons (Fsp3) is 0.400. The first kappa shape index (κ1) is 13.9. The van der Waals surface area contributed by atoms with Crippen molar-refractivity contribution in [3.05, 3.63) is 45.4 Å². The van der Waals surface area contributed by atoms with E-state index in [1.54, 1.807) is 11.3 Å². The Bertz CT molecular complexity index is 584. The Labute approximate surface area is 128 Å². The van der Waals surface area contributed by atoms with Gasteiger partial charge in [0.25, 0.3) is 0 Å². The Balaban J connectivity index is 1.90. The minimum atomic E-state index is 0.380. The van der Waals surface area contributed by atoms with Crippen LogP contribution in [0.5, 0.6) is 0 Å². The molecule has 0 spiro atoms. The van der Waals surface area contributed by atoms with E-state index in [2.05, 4.69) is 27.3 Å². The maximum absolute atomic E-state index is 6.12. The second kappa shape index (κ2) is 6.12. The summed E-state index contributed by atoms with van der Waals surface area (Å²) in [5, 5.41) is 3.25. The molecule has 3 nitrogen and oxygen atoms in total. The van der Waals surface area contributed by atoms with Gasteiger partial charge in [0.1, 0.15) is 0 Å².